The molecule has 0 bridgehead atoms. The van der Waals surface area contributed by atoms with Crippen LogP contribution in [0.5, 0.6) is 5.75 Å². The molecule has 2 heterocycles. The number of ether oxygens (including phenoxy) is 1. The number of rotatable bonds is 3. The van der Waals surface area contributed by atoms with Gasteiger partial charge in [0.05, 0.1) is 12.3 Å². The molecule has 0 unspecified atom stereocenters. The van der Waals surface area contributed by atoms with Crippen LogP contribution in [0.15, 0.2) is 24.3 Å². The summed E-state index contributed by atoms with van der Waals surface area (Å²) in [7, 11) is 0. The molecule has 0 radical (unpaired) electrons. The largest absolute Gasteiger partial charge is 0.493 e. The van der Waals surface area contributed by atoms with Crippen LogP contribution in [0.1, 0.15) is 56.3 Å². The summed E-state index contributed by atoms with van der Waals surface area (Å²) in [6.07, 6.45) is 7.20. The van der Waals surface area contributed by atoms with Crippen LogP contribution in [-0.2, 0) is 6.42 Å². The van der Waals surface area contributed by atoms with Gasteiger partial charge in [0.2, 0.25) is 0 Å². The van der Waals surface area contributed by atoms with E-state index < -0.39 is 0 Å². The molecule has 1 fully saturated rings. The average molecular weight is 323 g/mol. The van der Waals surface area contributed by atoms with Crippen LogP contribution in [0.25, 0.3) is 11.3 Å². The number of hydrogen-bond donors (Lipinski definition) is 1. The van der Waals surface area contributed by atoms with Crippen molar-refractivity contribution in [3.8, 4) is 17.0 Å². The van der Waals surface area contributed by atoms with Gasteiger partial charge < -0.3 is 10.1 Å². The van der Waals surface area contributed by atoms with Gasteiger partial charge in [-0.2, -0.15) is 0 Å². The third-order valence-electron chi connectivity index (χ3n) is 5.09. The highest BCUT2D eigenvalue weighted by atomic mass is 16.5. The van der Waals surface area contributed by atoms with E-state index in [-0.39, 0.29) is 0 Å². The van der Waals surface area contributed by atoms with Gasteiger partial charge >= 0.3 is 0 Å². The maximum absolute atomic E-state index is 5.95. The lowest BCUT2D eigenvalue weighted by Gasteiger charge is -2.22. The van der Waals surface area contributed by atoms with Gasteiger partial charge in [0.15, 0.2) is 0 Å². The Labute approximate surface area is 143 Å². The average Bonchev–Trinajstić information content (AvgIpc) is 2.82. The molecule has 2 aromatic rings. The Kier molecular flexibility index (Phi) is 4.37. The Morgan fingerprint density at radius 1 is 1.12 bits per heavy atom. The van der Waals surface area contributed by atoms with Crippen molar-refractivity contribution in [3.63, 3.8) is 0 Å². The topological polar surface area (TPSA) is 47.0 Å². The quantitative estimate of drug-likeness (QED) is 0.899. The van der Waals surface area contributed by atoms with Crippen molar-refractivity contribution >= 4 is 5.82 Å². The second-order valence-electron chi connectivity index (χ2n) is 6.72. The van der Waals surface area contributed by atoms with Gasteiger partial charge in [-0.05, 0) is 31.9 Å². The first kappa shape index (κ1) is 15.4. The highest BCUT2D eigenvalue weighted by Crippen LogP contribution is 2.39. The molecule has 0 saturated heterocycles. The van der Waals surface area contributed by atoms with Crippen LogP contribution in [0.4, 0.5) is 5.82 Å². The molecule has 126 valence electrons. The van der Waals surface area contributed by atoms with Gasteiger partial charge in [0.25, 0.3) is 0 Å². The molecule has 4 rings (SSSR count). The molecule has 1 aliphatic carbocycles. The van der Waals surface area contributed by atoms with E-state index in [0.717, 1.165) is 41.6 Å². The summed E-state index contributed by atoms with van der Waals surface area (Å²) in [4.78, 5) is 9.99. The first-order valence-corrected chi connectivity index (χ1v) is 9.23. The molecule has 2 aliphatic rings. The van der Waals surface area contributed by atoms with E-state index in [1.807, 2.05) is 12.1 Å². The van der Waals surface area contributed by atoms with E-state index in [0.29, 0.717) is 12.5 Å². The number of nitrogens with zero attached hydrogens (tertiary/aromatic N) is 2. The minimum absolute atomic E-state index is 0.498. The zero-order chi connectivity index (χ0) is 16.4. The summed E-state index contributed by atoms with van der Waals surface area (Å²) in [6, 6.07) is 8.25. The molecule has 24 heavy (non-hydrogen) atoms. The number of hydrogen-bond acceptors (Lipinski definition) is 4. The normalized spacial score (nSPS) is 17.4. The number of benzene rings is 1. The Morgan fingerprint density at radius 3 is 2.79 bits per heavy atom. The predicted molar refractivity (Wildman–Crippen MR) is 96.7 cm³/mol. The van der Waals surface area contributed by atoms with Crippen LogP contribution < -0.4 is 10.1 Å². The molecule has 1 aliphatic heterocycles. The van der Waals surface area contributed by atoms with E-state index in [9.17, 15) is 0 Å². The van der Waals surface area contributed by atoms with Crippen LogP contribution in [0.3, 0.4) is 0 Å². The lowest BCUT2D eigenvalue weighted by atomic mass is 9.88. The highest BCUT2D eigenvalue weighted by Gasteiger charge is 2.25. The number of para-hydroxylation sites is 1. The molecule has 0 amide bonds. The summed E-state index contributed by atoms with van der Waals surface area (Å²) in [5.41, 5.74) is 3.36. The van der Waals surface area contributed by atoms with E-state index in [1.165, 1.54) is 37.7 Å². The molecular formula is C20H25N3O. The molecule has 1 N–H and O–H groups in total. The Morgan fingerprint density at radius 2 is 1.96 bits per heavy atom. The lowest BCUT2D eigenvalue weighted by molar-refractivity contribution is 0.326. The van der Waals surface area contributed by atoms with E-state index >= 15 is 0 Å². The van der Waals surface area contributed by atoms with Crippen molar-refractivity contribution in [2.24, 2.45) is 0 Å². The van der Waals surface area contributed by atoms with Crippen LogP contribution in [0, 0.1) is 0 Å². The minimum Gasteiger partial charge on any atom is -0.493 e. The summed E-state index contributed by atoms with van der Waals surface area (Å²) in [5.74, 6) is 3.45. The van der Waals surface area contributed by atoms with Gasteiger partial charge in [-0.15, -0.1) is 0 Å². The zero-order valence-corrected chi connectivity index (χ0v) is 14.3. The summed E-state index contributed by atoms with van der Waals surface area (Å²) in [6.45, 7) is 3.67. The fraction of sp³-hybridized carbons (Fsp3) is 0.500. The number of nitrogens with one attached hydrogen (secondary N) is 1. The van der Waals surface area contributed by atoms with Crippen molar-refractivity contribution < 1.29 is 4.74 Å². The van der Waals surface area contributed by atoms with Gasteiger partial charge in [-0.1, -0.05) is 31.4 Å². The highest BCUT2D eigenvalue weighted by molar-refractivity contribution is 5.74. The standard InChI is InChI=1S/C20H25N3O/c1-2-21-20-16-12-13-24-17-11-7-6-10-15(17)18(16)22-19(23-20)14-8-4-3-5-9-14/h6-7,10-11,14H,2-5,8-9,12-13H2,1H3,(H,21,22,23). The van der Waals surface area contributed by atoms with E-state index in [4.69, 9.17) is 14.7 Å². The minimum atomic E-state index is 0.498. The summed E-state index contributed by atoms with van der Waals surface area (Å²) >= 11 is 0. The molecule has 4 heteroatoms. The molecule has 4 nitrogen and oxygen atoms in total. The summed E-state index contributed by atoms with van der Waals surface area (Å²) < 4.78 is 5.95. The first-order chi connectivity index (χ1) is 11.9. The molecule has 1 aromatic carbocycles. The maximum Gasteiger partial charge on any atom is 0.134 e. The lowest BCUT2D eigenvalue weighted by Crippen LogP contribution is -2.14. The Hall–Kier alpha value is -2.10. The monoisotopic (exact) mass is 323 g/mol. The van der Waals surface area contributed by atoms with Gasteiger partial charge in [-0.3, -0.25) is 0 Å². The maximum atomic E-state index is 5.95. The van der Waals surface area contributed by atoms with Crippen molar-refractivity contribution in [1.82, 2.24) is 9.97 Å². The predicted octanol–water partition coefficient (Wildman–Crippen LogP) is 4.56. The molecular weight excluding hydrogens is 298 g/mol. The van der Waals surface area contributed by atoms with Crippen molar-refractivity contribution in [2.75, 3.05) is 18.5 Å². The zero-order valence-electron chi connectivity index (χ0n) is 14.3. The SMILES string of the molecule is CCNc1nc(C2CCCCC2)nc2c1CCOc1ccccc1-2. The molecule has 1 aromatic heterocycles. The first-order valence-electron chi connectivity index (χ1n) is 9.23. The van der Waals surface area contributed by atoms with E-state index in [1.54, 1.807) is 0 Å². The van der Waals surface area contributed by atoms with Crippen LogP contribution in [-0.4, -0.2) is 23.1 Å². The Bertz CT molecular complexity index is 723. The fourth-order valence-corrected chi connectivity index (χ4v) is 3.87. The summed E-state index contributed by atoms with van der Waals surface area (Å²) in [5, 5.41) is 3.47. The van der Waals surface area contributed by atoms with Gasteiger partial charge in [0.1, 0.15) is 17.4 Å². The number of aromatic nitrogens is 2. The molecule has 0 atom stereocenters. The Balaban J connectivity index is 1.86. The smallest absolute Gasteiger partial charge is 0.134 e. The van der Waals surface area contributed by atoms with Crippen molar-refractivity contribution in [1.29, 1.82) is 0 Å². The third kappa shape index (κ3) is 2.85. The van der Waals surface area contributed by atoms with Crippen LogP contribution >= 0.6 is 0 Å². The van der Waals surface area contributed by atoms with Gasteiger partial charge in [-0.25, -0.2) is 9.97 Å². The third-order valence-corrected chi connectivity index (χ3v) is 5.09. The number of anilines is 1. The van der Waals surface area contributed by atoms with Crippen molar-refractivity contribution in [3.05, 3.63) is 35.7 Å². The molecule has 0 spiro atoms. The van der Waals surface area contributed by atoms with E-state index in [2.05, 4.69) is 24.4 Å². The number of fused-ring (bicyclic) bond motifs is 3. The molecule has 1 saturated carbocycles. The van der Waals surface area contributed by atoms with Crippen LogP contribution in [0.2, 0.25) is 0 Å². The van der Waals surface area contributed by atoms with Crippen molar-refractivity contribution in [2.45, 2.75) is 51.4 Å². The van der Waals surface area contributed by atoms with Gasteiger partial charge in [0, 0.05) is 30.0 Å². The second-order valence-corrected chi connectivity index (χ2v) is 6.72. The second kappa shape index (κ2) is 6.80. The fourth-order valence-electron chi connectivity index (χ4n) is 3.87.